The summed E-state index contributed by atoms with van der Waals surface area (Å²) in [5.74, 6) is 0. The molecule has 1 fully saturated rings. The first-order valence-electron chi connectivity index (χ1n) is 6.52. The first-order chi connectivity index (χ1) is 8.06. The average molecular weight is 233 g/mol. The summed E-state index contributed by atoms with van der Waals surface area (Å²) in [6, 6.07) is 7.15. The van der Waals surface area contributed by atoms with Crippen LogP contribution in [0.3, 0.4) is 0 Å². The van der Waals surface area contributed by atoms with Crippen LogP contribution < -0.4 is 5.32 Å². The normalized spacial score (nSPS) is 30.0. The third-order valence-corrected chi connectivity index (χ3v) is 3.52. The third-order valence-electron chi connectivity index (χ3n) is 3.52. The first-order valence-corrected chi connectivity index (χ1v) is 6.52. The molecule has 0 aromatic heterocycles. The molecular weight excluding hydrogens is 210 g/mol. The molecule has 2 rings (SSSR count). The molecule has 1 aliphatic heterocycles. The van der Waals surface area contributed by atoms with Crippen molar-refractivity contribution in [1.82, 2.24) is 5.32 Å². The molecule has 1 aliphatic rings. The standard InChI is InChI=1S/C15H23NO/c1-10-5-6-11(2)14(7-10)15-9-16-12(3)8-13(4)17-15/h5-7,12-13,15-16H,8-9H2,1-4H3. The molecule has 1 aromatic carbocycles. The van der Waals surface area contributed by atoms with Crippen LogP contribution in [0.25, 0.3) is 0 Å². The fourth-order valence-electron chi connectivity index (χ4n) is 2.56. The van der Waals surface area contributed by atoms with Crippen molar-refractivity contribution < 1.29 is 4.74 Å². The number of benzene rings is 1. The van der Waals surface area contributed by atoms with Crippen LogP contribution in [0.4, 0.5) is 0 Å². The highest BCUT2D eigenvalue weighted by Crippen LogP contribution is 2.26. The van der Waals surface area contributed by atoms with E-state index in [1.165, 1.54) is 16.7 Å². The number of hydrogen-bond acceptors (Lipinski definition) is 2. The molecule has 2 nitrogen and oxygen atoms in total. The van der Waals surface area contributed by atoms with Crippen molar-refractivity contribution in [2.24, 2.45) is 0 Å². The lowest BCUT2D eigenvalue weighted by molar-refractivity contribution is 0.00684. The fraction of sp³-hybridized carbons (Fsp3) is 0.600. The molecule has 2 heteroatoms. The Morgan fingerprint density at radius 1 is 1.24 bits per heavy atom. The molecule has 1 N–H and O–H groups in total. The predicted molar refractivity (Wildman–Crippen MR) is 71.3 cm³/mol. The highest BCUT2D eigenvalue weighted by molar-refractivity contribution is 5.32. The van der Waals surface area contributed by atoms with Crippen LogP contribution in [-0.4, -0.2) is 18.7 Å². The van der Waals surface area contributed by atoms with E-state index in [9.17, 15) is 0 Å². The van der Waals surface area contributed by atoms with Gasteiger partial charge in [0, 0.05) is 12.6 Å². The van der Waals surface area contributed by atoms with E-state index in [-0.39, 0.29) is 6.10 Å². The topological polar surface area (TPSA) is 21.3 Å². The van der Waals surface area contributed by atoms with Gasteiger partial charge in [-0.05, 0) is 45.2 Å². The van der Waals surface area contributed by atoms with E-state index < -0.39 is 0 Å². The van der Waals surface area contributed by atoms with Crippen LogP contribution >= 0.6 is 0 Å². The van der Waals surface area contributed by atoms with Gasteiger partial charge in [-0.2, -0.15) is 0 Å². The second-order valence-electron chi connectivity index (χ2n) is 5.34. The van der Waals surface area contributed by atoms with E-state index in [2.05, 4.69) is 51.2 Å². The quantitative estimate of drug-likeness (QED) is 0.804. The molecule has 0 aliphatic carbocycles. The van der Waals surface area contributed by atoms with Crippen LogP contribution in [0.1, 0.15) is 43.1 Å². The first kappa shape index (κ1) is 12.6. The van der Waals surface area contributed by atoms with Gasteiger partial charge in [0.2, 0.25) is 0 Å². The van der Waals surface area contributed by atoms with E-state index in [4.69, 9.17) is 4.74 Å². The van der Waals surface area contributed by atoms with E-state index >= 15 is 0 Å². The maximum absolute atomic E-state index is 6.14. The molecule has 1 heterocycles. The van der Waals surface area contributed by atoms with Crippen LogP contribution in [0.5, 0.6) is 0 Å². The Kier molecular flexibility index (Phi) is 3.85. The second-order valence-corrected chi connectivity index (χ2v) is 5.34. The average Bonchev–Trinajstić information content (AvgIpc) is 2.43. The van der Waals surface area contributed by atoms with Crippen LogP contribution in [0.2, 0.25) is 0 Å². The molecule has 0 radical (unpaired) electrons. The van der Waals surface area contributed by atoms with Gasteiger partial charge in [0.15, 0.2) is 0 Å². The minimum absolute atomic E-state index is 0.190. The zero-order chi connectivity index (χ0) is 12.4. The minimum Gasteiger partial charge on any atom is -0.369 e. The van der Waals surface area contributed by atoms with Gasteiger partial charge in [0.05, 0.1) is 12.2 Å². The molecule has 0 saturated carbocycles. The Hall–Kier alpha value is -0.860. The minimum atomic E-state index is 0.190. The van der Waals surface area contributed by atoms with E-state index in [0.717, 1.165) is 13.0 Å². The largest absolute Gasteiger partial charge is 0.369 e. The third kappa shape index (κ3) is 3.08. The van der Waals surface area contributed by atoms with Crippen molar-refractivity contribution in [3.8, 4) is 0 Å². The molecule has 94 valence electrons. The Morgan fingerprint density at radius 3 is 2.76 bits per heavy atom. The fourth-order valence-corrected chi connectivity index (χ4v) is 2.56. The highest BCUT2D eigenvalue weighted by Gasteiger charge is 2.23. The zero-order valence-corrected chi connectivity index (χ0v) is 11.3. The summed E-state index contributed by atoms with van der Waals surface area (Å²) >= 11 is 0. The van der Waals surface area contributed by atoms with Crippen molar-refractivity contribution in [2.45, 2.75) is 52.4 Å². The highest BCUT2D eigenvalue weighted by atomic mass is 16.5. The summed E-state index contributed by atoms with van der Waals surface area (Å²) in [7, 11) is 0. The van der Waals surface area contributed by atoms with Gasteiger partial charge < -0.3 is 10.1 Å². The number of hydrogen-bond donors (Lipinski definition) is 1. The molecule has 1 saturated heterocycles. The van der Waals surface area contributed by atoms with Crippen molar-refractivity contribution >= 4 is 0 Å². The summed E-state index contributed by atoms with van der Waals surface area (Å²) in [5.41, 5.74) is 3.96. The van der Waals surface area contributed by atoms with Gasteiger partial charge in [0.25, 0.3) is 0 Å². The van der Waals surface area contributed by atoms with Gasteiger partial charge in [0.1, 0.15) is 0 Å². The van der Waals surface area contributed by atoms with Gasteiger partial charge in [-0.25, -0.2) is 0 Å². The van der Waals surface area contributed by atoms with Crippen LogP contribution in [0.15, 0.2) is 18.2 Å². The van der Waals surface area contributed by atoms with Crippen LogP contribution in [-0.2, 0) is 4.74 Å². The van der Waals surface area contributed by atoms with Gasteiger partial charge in [-0.3, -0.25) is 0 Å². The molecule has 3 unspecified atom stereocenters. The summed E-state index contributed by atoms with van der Waals surface area (Å²) in [6.45, 7) is 9.61. The summed E-state index contributed by atoms with van der Waals surface area (Å²) in [5, 5.41) is 3.55. The number of nitrogens with one attached hydrogen (secondary N) is 1. The molecule has 0 amide bonds. The molecule has 0 spiro atoms. The van der Waals surface area contributed by atoms with Crippen molar-refractivity contribution in [1.29, 1.82) is 0 Å². The Bertz CT molecular complexity index is 389. The molecular formula is C15H23NO. The monoisotopic (exact) mass is 233 g/mol. The van der Waals surface area contributed by atoms with E-state index in [1.807, 2.05) is 0 Å². The zero-order valence-electron chi connectivity index (χ0n) is 11.3. The van der Waals surface area contributed by atoms with Gasteiger partial charge in [-0.1, -0.05) is 23.8 Å². The lowest BCUT2D eigenvalue weighted by atomic mass is 10.0. The van der Waals surface area contributed by atoms with E-state index in [0.29, 0.717) is 12.1 Å². The van der Waals surface area contributed by atoms with Crippen molar-refractivity contribution in [3.05, 3.63) is 34.9 Å². The van der Waals surface area contributed by atoms with Gasteiger partial charge >= 0.3 is 0 Å². The number of ether oxygens (including phenoxy) is 1. The summed E-state index contributed by atoms with van der Waals surface area (Å²) in [4.78, 5) is 0. The van der Waals surface area contributed by atoms with E-state index in [1.54, 1.807) is 0 Å². The van der Waals surface area contributed by atoms with Crippen molar-refractivity contribution in [3.63, 3.8) is 0 Å². The Morgan fingerprint density at radius 2 is 2.00 bits per heavy atom. The number of aryl methyl sites for hydroxylation is 2. The summed E-state index contributed by atoms with van der Waals surface area (Å²) in [6.07, 6.45) is 1.60. The Labute approximate surface area is 104 Å². The Balaban J connectivity index is 2.23. The predicted octanol–water partition coefficient (Wildman–Crippen LogP) is 3.13. The summed E-state index contributed by atoms with van der Waals surface area (Å²) < 4.78 is 6.14. The SMILES string of the molecule is Cc1ccc(C)c(C2CNC(C)CC(C)O2)c1. The van der Waals surface area contributed by atoms with Gasteiger partial charge in [-0.15, -0.1) is 0 Å². The van der Waals surface area contributed by atoms with Crippen molar-refractivity contribution in [2.75, 3.05) is 6.54 Å². The maximum atomic E-state index is 6.14. The lowest BCUT2D eigenvalue weighted by Crippen LogP contribution is -2.28. The van der Waals surface area contributed by atoms with Crippen LogP contribution in [0, 0.1) is 13.8 Å². The molecule has 1 aromatic rings. The molecule has 17 heavy (non-hydrogen) atoms. The second kappa shape index (κ2) is 5.19. The lowest BCUT2D eigenvalue weighted by Gasteiger charge is -2.21. The smallest absolute Gasteiger partial charge is 0.0955 e. The maximum Gasteiger partial charge on any atom is 0.0955 e. The number of rotatable bonds is 1. The molecule has 3 atom stereocenters. The molecule has 0 bridgehead atoms.